The molecule has 1 amide bonds. The number of halogens is 1. The molecule has 4 rings (SSSR count). The number of nitro benzene ring substituents is 1. The van der Waals surface area contributed by atoms with Gasteiger partial charge in [-0.3, -0.25) is 14.9 Å². The number of nitro groups is 1. The lowest BCUT2D eigenvalue weighted by Crippen LogP contribution is -2.45. The van der Waals surface area contributed by atoms with Crippen molar-refractivity contribution < 1.29 is 33.5 Å². The number of esters is 1. The van der Waals surface area contributed by atoms with Gasteiger partial charge in [-0.25, -0.2) is 10.2 Å². The van der Waals surface area contributed by atoms with E-state index >= 15 is 0 Å². The quantitative estimate of drug-likeness (QED) is 0.0657. The van der Waals surface area contributed by atoms with E-state index in [-0.39, 0.29) is 25.5 Å². The maximum Gasteiger partial charge on any atom is 0.338 e. The Balaban J connectivity index is 1.40. The van der Waals surface area contributed by atoms with Gasteiger partial charge in [0.2, 0.25) is 0 Å². The number of allylic oxidation sites excluding steroid dienone is 1. The van der Waals surface area contributed by atoms with E-state index in [1.807, 2.05) is 6.92 Å². The minimum absolute atomic E-state index is 0.00573. The van der Waals surface area contributed by atoms with Crippen molar-refractivity contribution in [1.82, 2.24) is 16.1 Å². The molecule has 0 aromatic heterocycles. The summed E-state index contributed by atoms with van der Waals surface area (Å²) >= 11 is 8.82. The maximum absolute atomic E-state index is 12.8. The van der Waals surface area contributed by atoms with Crippen LogP contribution >= 0.6 is 28.1 Å². The summed E-state index contributed by atoms with van der Waals surface area (Å²) in [6, 6.07) is 15.9. The van der Waals surface area contributed by atoms with Gasteiger partial charge < -0.3 is 29.6 Å². The molecule has 3 aromatic rings. The Morgan fingerprint density at radius 2 is 1.81 bits per heavy atom. The molecule has 0 aliphatic carbocycles. The Hall–Kier alpha value is -5.02. The second-order valence-corrected chi connectivity index (χ2v) is 11.1. The number of nitrogens with zero attached hydrogens (tertiary/aromatic N) is 2. The zero-order valence-electron chi connectivity index (χ0n) is 25.7. The van der Waals surface area contributed by atoms with E-state index in [2.05, 4.69) is 37.1 Å². The molecular weight excluding hydrogens is 694 g/mol. The molecule has 1 heterocycles. The molecule has 15 heteroatoms. The monoisotopic (exact) mass is 725 g/mol. The number of hydrazone groups is 1. The minimum atomic E-state index is -0.654. The summed E-state index contributed by atoms with van der Waals surface area (Å²) < 4.78 is 23.4. The third-order valence-electron chi connectivity index (χ3n) is 6.62. The summed E-state index contributed by atoms with van der Waals surface area (Å²) in [5.41, 5.74) is 5.29. The molecule has 1 aliphatic rings. The summed E-state index contributed by atoms with van der Waals surface area (Å²) in [7, 11) is 0. The van der Waals surface area contributed by atoms with E-state index in [4.69, 9.17) is 31.2 Å². The molecule has 3 N–H and O–H groups in total. The second-order valence-electron chi connectivity index (χ2n) is 9.89. The lowest BCUT2D eigenvalue weighted by atomic mass is 9.95. The molecule has 246 valence electrons. The molecule has 0 saturated carbocycles. The molecule has 0 spiro atoms. The van der Waals surface area contributed by atoms with Gasteiger partial charge in [-0.05, 0) is 90.4 Å². The molecule has 0 unspecified atom stereocenters. The van der Waals surface area contributed by atoms with Gasteiger partial charge in [-0.2, -0.15) is 5.10 Å². The van der Waals surface area contributed by atoms with E-state index in [9.17, 15) is 19.7 Å². The highest BCUT2D eigenvalue weighted by Crippen LogP contribution is 2.37. The number of thiocarbonyl (C=S) groups is 1. The molecule has 0 radical (unpaired) electrons. The average Bonchev–Trinajstić information content (AvgIpc) is 3.03. The van der Waals surface area contributed by atoms with Crippen LogP contribution in [0, 0.1) is 10.1 Å². The van der Waals surface area contributed by atoms with Gasteiger partial charge in [0.25, 0.3) is 11.6 Å². The van der Waals surface area contributed by atoms with Crippen LogP contribution < -0.4 is 30.3 Å². The lowest BCUT2D eigenvalue weighted by Gasteiger charge is -2.30. The predicted molar refractivity (Wildman–Crippen MR) is 181 cm³/mol. The van der Waals surface area contributed by atoms with Gasteiger partial charge in [0.05, 0.1) is 40.4 Å². The smallest absolute Gasteiger partial charge is 0.338 e. The summed E-state index contributed by atoms with van der Waals surface area (Å²) in [4.78, 5) is 35.9. The van der Waals surface area contributed by atoms with E-state index in [0.717, 1.165) is 5.56 Å². The first-order chi connectivity index (χ1) is 22.6. The van der Waals surface area contributed by atoms with E-state index in [1.165, 1.54) is 18.3 Å². The second kappa shape index (κ2) is 16.5. The number of carbonyl (C=O) groups excluding carboxylic acids is 2. The topological polar surface area (TPSA) is 163 Å². The van der Waals surface area contributed by atoms with E-state index in [0.29, 0.717) is 55.8 Å². The lowest BCUT2D eigenvalue weighted by molar-refractivity contribution is -0.384. The number of para-hydroxylation sites is 1. The van der Waals surface area contributed by atoms with Gasteiger partial charge in [-0.1, -0.05) is 18.2 Å². The summed E-state index contributed by atoms with van der Waals surface area (Å²) in [5.74, 6) is 0.238. The summed E-state index contributed by atoms with van der Waals surface area (Å²) in [6.45, 7) is 5.66. The first-order valence-electron chi connectivity index (χ1n) is 14.4. The average molecular weight is 727 g/mol. The van der Waals surface area contributed by atoms with Gasteiger partial charge in [0.1, 0.15) is 12.4 Å². The van der Waals surface area contributed by atoms with Crippen molar-refractivity contribution in [3.05, 3.63) is 103 Å². The first-order valence-corrected chi connectivity index (χ1v) is 15.6. The van der Waals surface area contributed by atoms with Crippen molar-refractivity contribution in [3.8, 4) is 17.2 Å². The van der Waals surface area contributed by atoms with E-state index in [1.54, 1.807) is 62.4 Å². The van der Waals surface area contributed by atoms with Crippen molar-refractivity contribution in [2.75, 3.05) is 19.8 Å². The summed E-state index contributed by atoms with van der Waals surface area (Å²) in [5, 5.41) is 21.3. The van der Waals surface area contributed by atoms with E-state index < -0.39 is 22.8 Å². The number of ether oxygens (including phenoxy) is 4. The van der Waals surface area contributed by atoms with Crippen LogP contribution in [-0.4, -0.2) is 47.9 Å². The Bertz CT molecular complexity index is 1710. The molecule has 0 saturated heterocycles. The molecule has 3 aromatic carbocycles. The van der Waals surface area contributed by atoms with Gasteiger partial charge in [0, 0.05) is 23.4 Å². The van der Waals surface area contributed by atoms with Crippen LogP contribution in [0.15, 0.2) is 81.5 Å². The predicted octanol–water partition coefficient (Wildman–Crippen LogP) is 5.22. The number of non-ortho nitro benzene ring substituents is 1. The fourth-order valence-corrected chi connectivity index (χ4v) is 5.39. The van der Waals surface area contributed by atoms with Crippen molar-refractivity contribution in [2.45, 2.75) is 33.4 Å². The molecule has 0 bridgehead atoms. The molecule has 47 heavy (non-hydrogen) atoms. The largest absolute Gasteiger partial charge is 0.490 e. The molecule has 1 aliphatic heterocycles. The standard InChI is InChI=1S/C32H32BrN5O8S/c1-4-43-26-15-21(14-24(33)30(26)46-17-20-10-12-22(13-11-20)38(41)42)16-34-37-27(39)18-45-25-9-7-6-8-23(25)29-28(31(40)44-5-2)19(3)35-32(47)36-29/h6-16,29H,4-5,17-18H2,1-3H3,(H,37,39)(H2,35,36,47)/t29-/m0/s1. The van der Waals surface area contributed by atoms with Crippen molar-refractivity contribution in [2.24, 2.45) is 5.10 Å². The third-order valence-corrected chi connectivity index (χ3v) is 7.43. The SMILES string of the molecule is CCOC(=O)C1=C(C)NC(=S)N[C@H]1c1ccccc1OCC(=O)NN=Cc1cc(Br)c(OCc2ccc([N+](=O)[O-])cc2)c(OCC)c1. The van der Waals surface area contributed by atoms with Crippen molar-refractivity contribution in [3.63, 3.8) is 0 Å². The summed E-state index contributed by atoms with van der Waals surface area (Å²) in [6.07, 6.45) is 1.44. The van der Waals surface area contributed by atoms with Crippen molar-refractivity contribution >= 4 is 57.0 Å². The van der Waals surface area contributed by atoms with Crippen LogP contribution in [0.4, 0.5) is 5.69 Å². The first kappa shape index (κ1) is 34.8. The highest BCUT2D eigenvalue weighted by molar-refractivity contribution is 9.10. The number of hydrogen-bond acceptors (Lipinski definition) is 10. The maximum atomic E-state index is 12.8. The van der Waals surface area contributed by atoms with Crippen LogP contribution in [0.5, 0.6) is 17.2 Å². The fourth-order valence-electron chi connectivity index (χ4n) is 4.55. The number of amides is 1. The normalized spacial score (nSPS) is 14.2. The Morgan fingerprint density at radius 3 is 2.51 bits per heavy atom. The van der Waals surface area contributed by atoms with Gasteiger partial charge in [0.15, 0.2) is 23.2 Å². The highest BCUT2D eigenvalue weighted by Gasteiger charge is 2.32. The number of hydrogen-bond donors (Lipinski definition) is 3. The van der Waals surface area contributed by atoms with Crippen LogP contribution in [0.3, 0.4) is 0 Å². The number of nitrogens with one attached hydrogen (secondary N) is 3. The minimum Gasteiger partial charge on any atom is -0.490 e. The molecule has 13 nitrogen and oxygen atoms in total. The van der Waals surface area contributed by atoms with Gasteiger partial charge in [-0.15, -0.1) is 0 Å². The third kappa shape index (κ3) is 9.26. The fraction of sp³-hybridized carbons (Fsp3) is 0.250. The Kier molecular flexibility index (Phi) is 12.2. The Morgan fingerprint density at radius 1 is 1.06 bits per heavy atom. The zero-order chi connectivity index (χ0) is 33.9. The Labute approximate surface area is 284 Å². The zero-order valence-corrected chi connectivity index (χ0v) is 28.1. The van der Waals surface area contributed by atoms with Crippen LogP contribution in [0.1, 0.15) is 43.5 Å². The molecular formula is C32H32BrN5O8S. The van der Waals surface area contributed by atoms with Crippen LogP contribution in [0.25, 0.3) is 0 Å². The van der Waals surface area contributed by atoms with Gasteiger partial charge >= 0.3 is 5.97 Å². The molecule has 1 atom stereocenters. The number of carbonyl (C=O) groups is 2. The van der Waals surface area contributed by atoms with Crippen molar-refractivity contribution in [1.29, 1.82) is 0 Å². The highest BCUT2D eigenvalue weighted by atomic mass is 79.9. The number of benzene rings is 3. The van der Waals surface area contributed by atoms with Crippen LogP contribution in [-0.2, 0) is 20.9 Å². The van der Waals surface area contributed by atoms with Crippen LogP contribution in [0.2, 0.25) is 0 Å². The number of rotatable bonds is 14. The molecule has 0 fully saturated rings.